The van der Waals surface area contributed by atoms with E-state index in [1.54, 1.807) is 0 Å². The van der Waals surface area contributed by atoms with Gasteiger partial charge in [0.05, 0.1) is 5.41 Å². The van der Waals surface area contributed by atoms with E-state index in [2.05, 4.69) is 100 Å². The first kappa shape index (κ1) is 16.3. The van der Waals surface area contributed by atoms with Crippen LogP contribution in [0.2, 0.25) is 0 Å². The second-order valence-corrected chi connectivity index (χ2v) is 6.17. The molecule has 0 atom stereocenters. The Bertz CT molecular complexity index is 814. The minimum Gasteiger partial charge on any atom is -0.0991 e. The van der Waals surface area contributed by atoms with Crippen molar-refractivity contribution in [3.63, 3.8) is 0 Å². The van der Waals surface area contributed by atoms with Crippen LogP contribution in [0.5, 0.6) is 0 Å². The largest absolute Gasteiger partial charge is 0.0991 e. The number of benzene rings is 2. The van der Waals surface area contributed by atoms with Gasteiger partial charge in [-0.15, -0.1) is 0 Å². The number of hydrogen-bond acceptors (Lipinski definition) is 0. The molecule has 0 saturated carbocycles. The molecule has 0 spiro atoms. The van der Waals surface area contributed by atoms with Crippen molar-refractivity contribution < 1.29 is 0 Å². The van der Waals surface area contributed by atoms with Gasteiger partial charge in [-0.25, -0.2) is 0 Å². The van der Waals surface area contributed by atoms with Gasteiger partial charge >= 0.3 is 0 Å². The molecule has 0 amide bonds. The zero-order chi connectivity index (χ0) is 17.2. The van der Waals surface area contributed by atoms with E-state index in [1.807, 2.05) is 6.08 Å². The first-order valence-electron chi connectivity index (χ1n) is 8.50. The van der Waals surface area contributed by atoms with Gasteiger partial charge < -0.3 is 0 Å². The van der Waals surface area contributed by atoms with Crippen molar-refractivity contribution in [1.29, 1.82) is 0 Å². The molecule has 2 aromatic carbocycles. The Labute approximate surface area is 145 Å². The highest BCUT2D eigenvalue weighted by Crippen LogP contribution is 2.56. The molecule has 0 heterocycles. The second kappa shape index (κ2) is 6.49. The smallest absolute Gasteiger partial charge is 0.0670 e. The molecule has 0 aromatic heterocycles. The summed E-state index contributed by atoms with van der Waals surface area (Å²) < 4.78 is 0. The molecular weight excluding hydrogens is 288 g/mol. The van der Waals surface area contributed by atoms with Gasteiger partial charge in [0, 0.05) is 0 Å². The van der Waals surface area contributed by atoms with Gasteiger partial charge in [-0.05, 0) is 48.6 Å². The lowest BCUT2D eigenvalue weighted by Crippen LogP contribution is -2.29. The van der Waals surface area contributed by atoms with Gasteiger partial charge in [-0.3, -0.25) is 0 Å². The highest BCUT2D eigenvalue weighted by atomic mass is 14.5. The molecule has 0 fully saturated rings. The highest BCUT2D eigenvalue weighted by Gasteiger charge is 2.45. The van der Waals surface area contributed by atoms with Gasteiger partial charge in [0.15, 0.2) is 0 Å². The van der Waals surface area contributed by atoms with E-state index in [1.165, 1.54) is 33.4 Å². The molecule has 0 N–H and O–H groups in total. The van der Waals surface area contributed by atoms with Crippen molar-refractivity contribution in [2.24, 2.45) is 0 Å². The fourth-order valence-corrected chi connectivity index (χ4v) is 4.12. The van der Waals surface area contributed by atoms with Crippen molar-refractivity contribution in [1.82, 2.24) is 0 Å². The average Bonchev–Trinajstić information content (AvgIpc) is 2.92. The molecule has 0 unspecified atom stereocenters. The van der Waals surface area contributed by atoms with E-state index in [4.69, 9.17) is 0 Å². The van der Waals surface area contributed by atoms with Crippen molar-refractivity contribution >= 4 is 0 Å². The lowest BCUT2D eigenvalue weighted by Gasteiger charge is -2.35. The van der Waals surface area contributed by atoms with E-state index < -0.39 is 0 Å². The standard InChI is InChI=1S/C24H24/c1-5-12-18(4)24(19(7-3)13-6-2)22-16-10-8-14-20(22)21-15-9-11-17-23(21)24/h5-17H,1H2,2-4H3/b13-6-,18-12+,19-7+. The SMILES string of the molecule is C=C/C=C(\C)C1(C(/C=C\C)=C/C)c2ccccc2-c2ccccc21. The molecule has 0 bridgehead atoms. The number of fused-ring (bicyclic) bond motifs is 3. The third-order valence-electron chi connectivity index (χ3n) is 5.00. The van der Waals surface area contributed by atoms with Crippen LogP contribution in [0.15, 0.2) is 96.6 Å². The summed E-state index contributed by atoms with van der Waals surface area (Å²) in [5.74, 6) is 0. The van der Waals surface area contributed by atoms with Gasteiger partial charge in [0.25, 0.3) is 0 Å². The molecule has 0 nitrogen and oxygen atoms in total. The van der Waals surface area contributed by atoms with Crippen LogP contribution in [0, 0.1) is 0 Å². The number of rotatable bonds is 4. The maximum atomic E-state index is 3.93. The molecule has 3 rings (SSSR count). The molecule has 120 valence electrons. The van der Waals surface area contributed by atoms with Crippen molar-refractivity contribution in [2.75, 3.05) is 0 Å². The molecule has 24 heavy (non-hydrogen) atoms. The first-order valence-corrected chi connectivity index (χ1v) is 8.50. The van der Waals surface area contributed by atoms with Crippen LogP contribution in [-0.4, -0.2) is 0 Å². The van der Waals surface area contributed by atoms with Crippen LogP contribution >= 0.6 is 0 Å². The van der Waals surface area contributed by atoms with Crippen LogP contribution in [0.3, 0.4) is 0 Å². The summed E-state index contributed by atoms with van der Waals surface area (Å²) >= 11 is 0. The lowest BCUT2D eigenvalue weighted by atomic mass is 9.67. The Morgan fingerprint density at radius 2 is 1.46 bits per heavy atom. The van der Waals surface area contributed by atoms with Gasteiger partial charge in [0.2, 0.25) is 0 Å². The summed E-state index contributed by atoms with van der Waals surface area (Å²) in [6.07, 6.45) is 10.6. The molecule has 0 radical (unpaired) electrons. The second-order valence-electron chi connectivity index (χ2n) is 6.17. The minimum absolute atomic E-state index is 0.247. The number of hydrogen-bond donors (Lipinski definition) is 0. The first-order chi connectivity index (χ1) is 11.7. The maximum Gasteiger partial charge on any atom is 0.0670 e. The average molecular weight is 312 g/mol. The Hall–Kier alpha value is -2.60. The Morgan fingerprint density at radius 3 is 1.92 bits per heavy atom. The monoisotopic (exact) mass is 312 g/mol. The minimum atomic E-state index is -0.247. The molecule has 2 aromatic rings. The van der Waals surface area contributed by atoms with E-state index in [9.17, 15) is 0 Å². The fraction of sp³-hybridized carbons (Fsp3) is 0.167. The Balaban J connectivity index is 2.50. The topological polar surface area (TPSA) is 0 Å². The molecular formula is C24H24. The van der Waals surface area contributed by atoms with Crippen LogP contribution in [-0.2, 0) is 5.41 Å². The van der Waals surface area contributed by atoms with Gasteiger partial charge in [-0.2, -0.15) is 0 Å². The maximum absolute atomic E-state index is 3.93. The molecule has 0 aliphatic heterocycles. The quantitative estimate of drug-likeness (QED) is 0.557. The van der Waals surface area contributed by atoms with Gasteiger partial charge in [-0.1, -0.05) is 91.1 Å². The molecule has 0 heteroatoms. The van der Waals surface area contributed by atoms with Crippen molar-refractivity contribution in [3.05, 3.63) is 108 Å². The van der Waals surface area contributed by atoms with Crippen molar-refractivity contribution in [3.8, 4) is 11.1 Å². The highest BCUT2D eigenvalue weighted by molar-refractivity contribution is 5.86. The summed E-state index contributed by atoms with van der Waals surface area (Å²) in [5, 5.41) is 0. The summed E-state index contributed by atoms with van der Waals surface area (Å²) in [6.45, 7) is 10.4. The van der Waals surface area contributed by atoms with E-state index in [-0.39, 0.29) is 5.41 Å². The predicted molar refractivity (Wildman–Crippen MR) is 105 cm³/mol. The third-order valence-corrected chi connectivity index (χ3v) is 5.00. The summed E-state index contributed by atoms with van der Waals surface area (Å²) in [7, 11) is 0. The van der Waals surface area contributed by atoms with Crippen LogP contribution < -0.4 is 0 Å². The Kier molecular flexibility index (Phi) is 4.40. The lowest BCUT2D eigenvalue weighted by molar-refractivity contribution is 0.743. The van der Waals surface area contributed by atoms with Gasteiger partial charge in [0.1, 0.15) is 0 Å². The van der Waals surface area contributed by atoms with Crippen LogP contribution in [0.4, 0.5) is 0 Å². The number of allylic oxidation sites excluding steroid dienone is 7. The van der Waals surface area contributed by atoms with Crippen molar-refractivity contribution in [2.45, 2.75) is 26.2 Å². The van der Waals surface area contributed by atoms with Crippen LogP contribution in [0.1, 0.15) is 31.9 Å². The summed E-state index contributed by atoms with van der Waals surface area (Å²) in [4.78, 5) is 0. The zero-order valence-corrected chi connectivity index (χ0v) is 14.7. The molecule has 1 aliphatic rings. The fourth-order valence-electron chi connectivity index (χ4n) is 4.12. The third kappa shape index (κ3) is 2.14. The summed E-state index contributed by atoms with van der Waals surface area (Å²) in [5.41, 5.74) is 7.71. The van der Waals surface area contributed by atoms with E-state index in [0.717, 1.165) is 0 Å². The normalized spacial score (nSPS) is 16.1. The molecule has 0 saturated heterocycles. The summed E-state index contributed by atoms with van der Waals surface area (Å²) in [6, 6.07) is 17.5. The van der Waals surface area contributed by atoms with Crippen LogP contribution in [0.25, 0.3) is 11.1 Å². The van der Waals surface area contributed by atoms with E-state index >= 15 is 0 Å². The van der Waals surface area contributed by atoms with E-state index in [0.29, 0.717) is 0 Å². The zero-order valence-electron chi connectivity index (χ0n) is 14.7. The Morgan fingerprint density at radius 1 is 0.917 bits per heavy atom. The predicted octanol–water partition coefficient (Wildman–Crippen LogP) is 6.61. The molecule has 1 aliphatic carbocycles.